The molecule has 0 aromatic carbocycles. The lowest BCUT2D eigenvalue weighted by atomic mass is 10.3. The number of alkyl halides is 1. The van der Waals surface area contributed by atoms with Crippen LogP contribution in [-0.4, -0.2) is 12.1 Å². The van der Waals surface area contributed by atoms with E-state index in [1.807, 2.05) is 0 Å². The number of nitrogens with zero attached hydrogens (tertiary/aromatic N) is 1. The van der Waals surface area contributed by atoms with Crippen molar-refractivity contribution < 1.29 is 9.13 Å². The Hall–Kier alpha value is -0.640. The van der Waals surface area contributed by atoms with Gasteiger partial charge in [0.25, 0.3) is 0 Å². The van der Waals surface area contributed by atoms with Crippen molar-refractivity contribution in [1.29, 1.82) is 0 Å². The van der Waals surface area contributed by atoms with Crippen LogP contribution >= 0.6 is 15.9 Å². The fraction of sp³-hybridized carbons (Fsp3) is 0.286. The largest absolute Gasteiger partial charge is 0.481 e. The number of pyridine rings is 1. The third-order valence-electron chi connectivity index (χ3n) is 1.26. The summed E-state index contributed by atoms with van der Waals surface area (Å²) in [7, 11) is 1.45. The molecule has 0 spiro atoms. The monoisotopic (exact) mass is 219 g/mol. The molecule has 0 atom stereocenters. The first-order valence-corrected chi connectivity index (χ1v) is 4.14. The summed E-state index contributed by atoms with van der Waals surface area (Å²) in [6.45, 7) is 0. The molecule has 1 aromatic rings. The Balaban J connectivity index is 2.99. The lowest BCUT2D eigenvalue weighted by molar-refractivity contribution is 0.393. The Labute approximate surface area is 72.5 Å². The summed E-state index contributed by atoms with van der Waals surface area (Å²) in [5, 5.41) is 0.468. The van der Waals surface area contributed by atoms with Crippen molar-refractivity contribution in [2.75, 3.05) is 7.11 Å². The molecule has 0 radical (unpaired) electrons. The van der Waals surface area contributed by atoms with Crippen molar-refractivity contribution in [3.8, 4) is 5.88 Å². The molecule has 1 rings (SSSR count). The summed E-state index contributed by atoms with van der Waals surface area (Å²) in [5.41, 5.74) is 0.533. The maximum absolute atomic E-state index is 12.9. The molecule has 0 unspecified atom stereocenters. The second-order valence-corrected chi connectivity index (χ2v) is 2.51. The van der Waals surface area contributed by atoms with E-state index in [0.29, 0.717) is 16.8 Å². The van der Waals surface area contributed by atoms with Gasteiger partial charge in [-0.05, 0) is 0 Å². The Morgan fingerprint density at radius 3 is 2.91 bits per heavy atom. The van der Waals surface area contributed by atoms with E-state index in [1.54, 1.807) is 0 Å². The molecule has 0 saturated carbocycles. The predicted molar refractivity (Wildman–Crippen MR) is 43.4 cm³/mol. The van der Waals surface area contributed by atoms with Gasteiger partial charge < -0.3 is 4.74 Å². The van der Waals surface area contributed by atoms with Crippen molar-refractivity contribution in [2.45, 2.75) is 5.33 Å². The lowest BCUT2D eigenvalue weighted by Gasteiger charge is -2.00. The number of methoxy groups -OCH3 is 1. The lowest BCUT2D eigenvalue weighted by Crippen LogP contribution is -1.92. The molecule has 0 N–H and O–H groups in total. The smallest absolute Gasteiger partial charge is 0.215 e. The van der Waals surface area contributed by atoms with Crippen LogP contribution in [0.25, 0.3) is 0 Å². The highest BCUT2D eigenvalue weighted by molar-refractivity contribution is 9.08. The standard InChI is InChI=1S/C7H7BrFNO/c1-11-7-2-6(9)5(3-8)4-10-7/h2,4H,3H2,1H3. The molecule has 0 saturated heterocycles. The summed E-state index contributed by atoms with van der Waals surface area (Å²) in [5.74, 6) is 0.000856. The van der Waals surface area contributed by atoms with Gasteiger partial charge in [-0.15, -0.1) is 0 Å². The molecule has 2 nitrogen and oxygen atoms in total. The molecule has 1 heterocycles. The van der Waals surface area contributed by atoms with Gasteiger partial charge in [-0.25, -0.2) is 9.37 Å². The van der Waals surface area contributed by atoms with E-state index in [-0.39, 0.29) is 5.82 Å². The predicted octanol–water partition coefficient (Wildman–Crippen LogP) is 2.12. The van der Waals surface area contributed by atoms with Gasteiger partial charge in [0.1, 0.15) is 5.82 Å². The highest BCUT2D eigenvalue weighted by Gasteiger charge is 2.02. The van der Waals surface area contributed by atoms with E-state index in [2.05, 4.69) is 20.9 Å². The van der Waals surface area contributed by atoms with Gasteiger partial charge in [0, 0.05) is 23.2 Å². The van der Waals surface area contributed by atoms with E-state index in [1.165, 1.54) is 19.4 Å². The summed E-state index contributed by atoms with van der Waals surface area (Å²) in [6, 6.07) is 1.26. The Morgan fingerprint density at radius 1 is 1.73 bits per heavy atom. The molecule has 0 aliphatic carbocycles. The van der Waals surface area contributed by atoms with Crippen LogP contribution in [0.4, 0.5) is 4.39 Å². The normalized spacial score (nSPS) is 9.73. The Bertz CT molecular complexity index is 254. The van der Waals surface area contributed by atoms with Gasteiger partial charge in [0.2, 0.25) is 5.88 Å². The molecule has 0 bridgehead atoms. The number of rotatable bonds is 2. The molecular formula is C7H7BrFNO. The third-order valence-corrected chi connectivity index (χ3v) is 1.86. The first-order valence-electron chi connectivity index (χ1n) is 3.02. The molecule has 60 valence electrons. The minimum Gasteiger partial charge on any atom is -0.481 e. The topological polar surface area (TPSA) is 22.1 Å². The van der Waals surface area contributed by atoms with E-state index in [0.717, 1.165) is 0 Å². The summed E-state index contributed by atoms with van der Waals surface area (Å²) >= 11 is 3.13. The summed E-state index contributed by atoms with van der Waals surface area (Å²) in [6.07, 6.45) is 1.45. The maximum Gasteiger partial charge on any atom is 0.215 e. The number of aromatic nitrogens is 1. The minimum absolute atomic E-state index is 0.297. The van der Waals surface area contributed by atoms with Crippen LogP contribution in [0.1, 0.15) is 5.56 Å². The van der Waals surface area contributed by atoms with Gasteiger partial charge in [-0.2, -0.15) is 0 Å². The van der Waals surface area contributed by atoms with Crippen LogP contribution in [0.2, 0.25) is 0 Å². The van der Waals surface area contributed by atoms with Crippen molar-refractivity contribution in [2.24, 2.45) is 0 Å². The van der Waals surface area contributed by atoms with Crippen LogP contribution in [0.5, 0.6) is 5.88 Å². The van der Waals surface area contributed by atoms with Crippen molar-refractivity contribution in [3.05, 3.63) is 23.6 Å². The SMILES string of the molecule is COc1cc(F)c(CBr)cn1. The van der Waals surface area contributed by atoms with Crippen molar-refractivity contribution in [3.63, 3.8) is 0 Å². The fourth-order valence-electron chi connectivity index (χ4n) is 0.652. The number of ether oxygens (including phenoxy) is 1. The van der Waals surface area contributed by atoms with E-state index >= 15 is 0 Å². The van der Waals surface area contributed by atoms with Crippen LogP contribution < -0.4 is 4.74 Å². The number of halogens is 2. The van der Waals surface area contributed by atoms with Crippen LogP contribution in [-0.2, 0) is 5.33 Å². The van der Waals surface area contributed by atoms with E-state index in [4.69, 9.17) is 4.74 Å². The minimum atomic E-state index is -0.297. The Kier molecular flexibility index (Phi) is 2.82. The molecule has 0 aliphatic heterocycles. The van der Waals surface area contributed by atoms with Gasteiger partial charge >= 0.3 is 0 Å². The molecule has 0 amide bonds. The maximum atomic E-state index is 12.9. The van der Waals surface area contributed by atoms with Crippen LogP contribution in [0.15, 0.2) is 12.3 Å². The first kappa shape index (κ1) is 8.46. The van der Waals surface area contributed by atoms with Gasteiger partial charge in [-0.3, -0.25) is 0 Å². The second-order valence-electron chi connectivity index (χ2n) is 1.95. The molecule has 1 aromatic heterocycles. The highest BCUT2D eigenvalue weighted by atomic mass is 79.9. The highest BCUT2D eigenvalue weighted by Crippen LogP contribution is 2.14. The summed E-state index contributed by atoms with van der Waals surface area (Å²) < 4.78 is 17.6. The van der Waals surface area contributed by atoms with Crippen LogP contribution in [0.3, 0.4) is 0 Å². The molecule has 0 fully saturated rings. The van der Waals surface area contributed by atoms with Gasteiger partial charge in [0.05, 0.1) is 7.11 Å². The van der Waals surface area contributed by atoms with Crippen molar-refractivity contribution >= 4 is 15.9 Å². The molecule has 11 heavy (non-hydrogen) atoms. The second kappa shape index (κ2) is 3.67. The first-order chi connectivity index (χ1) is 5.27. The molecular weight excluding hydrogens is 213 g/mol. The van der Waals surface area contributed by atoms with Crippen LogP contribution in [0, 0.1) is 5.82 Å². The number of hydrogen-bond donors (Lipinski definition) is 0. The summed E-state index contributed by atoms with van der Waals surface area (Å²) in [4.78, 5) is 3.84. The van der Waals surface area contributed by atoms with Gasteiger partial charge in [0.15, 0.2) is 0 Å². The number of hydrogen-bond acceptors (Lipinski definition) is 2. The van der Waals surface area contributed by atoms with E-state index < -0.39 is 0 Å². The zero-order chi connectivity index (χ0) is 8.27. The fourth-order valence-corrected chi connectivity index (χ4v) is 1.06. The molecule has 0 aliphatic rings. The molecule has 4 heteroatoms. The average Bonchev–Trinajstić information content (AvgIpc) is 2.04. The average molecular weight is 220 g/mol. The Morgan fingerprint density at radius 2 is 2.45 bits per heavy atom. The quantitative estimate of drug-likeness (QED) is 0.712. The van der Waals surface area contributed by atoms with Crippen molar-refractivity contribution in [1.82, 2.24) is 4.98 Å². The van der Waals surface area contributed by atoms with E-state index in [9.17, 15) is 4.39 Å². The third kappa shape index (κ3) is 1.89. The zero-order valence-corrected chi connectivity index (χ0v) is 7.56. The van der Waals surface area contributed by atoms with Gasteiger partial charge in [-0.1, -0.05) is 15.9 Å². The zero-order valence-electron chi connectivity index (χ0n) is 5.97.